The molecule has 2 aromatic carbocycles. The van der Waals surface area contributed by atoms with Crippen LogP contribution in [0.2, 0.25) is 0 Å². The van der Waals surface area contributed by atoms with Gasteiger partial charge in [-0.2, -0.15) is 9.78 Å². The van der Waals surface area contributed by atoms with Crippen molar-refractivity contribution in [2.24, 2.45) is 5.10 Å². The topological polar surface area (TPSA) is 146 Å². The van der Waals surface area contributed by atoms with Crippen molar-refractivity contribution in [1.82, 2.24) is 30.9 Å². The molecule has 1 atom stereocenters. The molecule has 13 heteroatoms. The van der Waals surface area contributed by atoms with E-state index in [1.807, 2.05) is 60.7 Å². The highest BCUT2D eigenvalue weighted by Gasteiger charge is 2.24. The van der Waals surface area contributed by atoms with Crippen LogP contribution in [-0.2, 0) is 20.9 Å². The van der Waals surface area contributed by atoms with Crippen LogP contribution in [0.15, 0.2) is 92.6 Å². The standard InChI is InChI=1S/C27H29N7O5S/c1-27(2,3)39-26(36)29-22(18-37-17-19-10-6-4-7-11-19)24(35)30-28-16-21-14-15-23(38-21)40-25-31-32-33-34(25)20-12-8-5-9-13-20/h4-16,22H,17-18H2,1-3H3,(H,29,36)(H,30,35)/b28-16-/t22-/m0/s1. The maximum Gasteiger partial charge on any atom is 0.408 e. The Balaban J connectivity index is 1.34. The third-order valence-corrected chi connectivity index (χ3v) is 5.86. The third-order valence-electron chi connectivity index (χ3n) is 5.01. The number of tetrazole rings is 1. The number of benzene rings is 2. The molecule has 4 aromatic rings. The second-order valence-corrected chi connectivity index (χ2v) is 10.4. The van der Waals surface area contributed by atoms with E-state index in [-0.39, 0.29) is 13.2 Å². The second-order valence-electron chi connectivity index (χ2n) is 9.40. The van der Waals surface area contributed by atoms with E-state index in [0.29, 0.717) is 16.0 Å². The van der Waals surface area contributed by atoms with Crippen molar-refractivity contribution in [1.29, 1.82) is 0 Å². The van der Waals surface area contributed by atoms with Gasteiger partial charge in [0.15, 0.2) is 5.09 Å². The number of carbonyl (C=O) groups is 2. The van der Waals surface area contributed by atoms with Crippen LogP contribution in [0.5, 0.6) is 0 Å². The minimum atomic E-state index is -1.05. The van der Waals surface area contributed by atoms with Crippen LogP contribution in [-0.4, -0.2) is 56.7 Å². The number of ether oxygens (including phenoxy) is 2. The number of para-hydroxylation sites is 1. The lowest BCUT2D eigenvalue weighted by atomic mass is 10.2. The van der Waals surface area contributed by atoms with Crippen molar-refractivity contribution < 1.29 is 23.5 Å². The van der Waals surface area contributed by atoms with Crippen molar-refractivity contribution in [2.75, 3.05) is 6.61 Å². The van der Waals surface area contributed by atoms with Gasteiger partial charge >= 0.3 is 6.09 Å². The fraction of sp³-hybridized carbons (Fsp3) is 0.259. The van der Waals surface area contributed by atoms with Gasteiger partial charge in [-0.25, -0.2) is 10.2 Å². The van der Waals surface area contributed by atoms with E-state index in [4.69, 9.17) is 13.9 Å². The summed E-state index contributed by atoms with van der Waals surface area (Å²) in [6, 6.07) is 21.3. The Morgan fingerprint density at radius 2 is 1.80 bits per heavy atom. The van der Waals surface area contributed by atoms with E-state index < -0.39 is 23.6 Å². The number of hydrazone groups is 1. The molecule has 40 heavy (non-hydrogen) atoms. The van der Waals surface area contributed by atoms with Crippen molar-refractivity contribution in [3.05, 3.63) is 84.1 Å². The number of aromatic nitrogens is 4. The van der Waals surface area contributed by atoms with Crippen LogP contribution in [0.3, 0.4) is 0 Å². The highest BCUT2D eigenvalue weighted by molar-refractivity contribution is 7.99. The lowest BCUT2D eigenvalue weighted by molar-refractivity contribution is -0.124. The number of carbonyl (C=O) groups excluding carboxylic acids is 2. The summed E-state index contributed by atoms with van der Waals surface area (Å²) in [5.74, 6) is -0.197. The SMILES string of the molecule is CC(C)(C)OC(=O)N[C@@H](COCc1ccccc1)C(=O)N/N=C\c1ccc(Sc2nnnn2-c2ccccc2)o1. The minimum Gasteiger partial charge on any atom is -0.448 e. The Morgan fingerprint density at radius 3 is 2.52 bits per heavy atom. The van der Waals surface area contributed by atoms with E-state index >= 15 is 0 Å². The van der Waals surface area contributed by atoms with Gasteiger partial charge in [-0.05, 0) is 72.8 Å². The van der Waals surface area contributed by atoms with Gasteiger partial charge in [-0.15, -0.1) is 5.10 Å². The predicted octanol–water partition coefficient (Wildman–Crippen LogP) is 3.97. The van der Waals surface area contributed by atoms with Gasteiger partial charge in [0, 0.05) is 0 Å². The zero-order valence-electron chi connectivity index (χ0n) is 22.2. The molecule has 0 saturated heterocycles. The van der Waals surface area contributed by atoms with Gasteiger partial charge in [0.1, 0.15) is 17.4 Å². The molecule has 2 amide bonds. The average molecular weight is 564 g/mol. The Bertz CT molecular complexity index is 1420. The largest absolute Gasteiger partial charge is 0.448 e. The molecule has 0 spiro atoms. The summed E-state index contributed by atoms with van der Waals surface area (Å²) in [6.45, 7) is 5.37. The first-order valence-electron chi connectivity index (χ1n) is 12.3. The maximum absolute atomic E-state index is 12.8. The van der Waals surface area contributed by atoms with Crippen molar-refractivity contribution in [3.8, 4) is 5.69 Å². The Kier molecular flexibility index (Phi) is 9.65. The smallest absolute Gasteiger partial charge is 0.408 e. The van der Waals surface area contributed by atoms with Crippen LogP contribution >= 0.6 is 11.8 Å². The summed E-state index contributed by atoms with van der Waals surface area (Å²) < 4.78 is 18.3. The number of nitrogens with zero attached hydrogens (tertiary/aromatic N) is 5. The molecule has 0 aliphatic heterocycles. The van der Waals surface area contributed by atoms with Crippen molar-refractivity contribution in [3.63, 3.8) is 0 Å². The zero-order chi connectivity index (χ0) is 28.4. The molecule has 4 rings (SSSR count). The molecular formula is C27H29N7O5S. The molecule has 0 saturated carbocycles. The molecule has 0 unspecified atom stereocenters. The first-order chi connectivity index (χ1) is 19.3. The molecule has 0 radical (unpaired) electrons. The molecule has 0 aliphatic carbocycles. The number of hydrogen-bond acceptors (Lipinski definition) is 10. The van der Waals surface area contributed by atoms with Crippen LogP contribution < -0.4 is 10.7 Å². The summed E-state index contributed by atoms with van der Waals surface area (Å²) in [4.78, 5) is 25.1. The summed E-state index contributed by atoms with van der Waals surface area (Å²) in [5.41, 5.74) is 3.43. The van der Waals surface area contributed by atoms with E-state index in [1.54, 1.807) is 37.6 Å². The number of alkyl carbamates (subject to hydrolysis) is 1. The normalized spacial score (nSPS) is 12.3. The summed E-state index contributed by atoms with van der Waals surface area (Å²) in [6.07, 6.45) is 0.600. The van der Waals surface area contributed by atoms with Crippen LogP contribution in [0.25, 0.3) is 5.69 Å². The maximum atomic E-state index is 12.8. The third kappa shape index (κ3) is 8.78. The number of amides is 2. The Labute approximate surface area is 235 Å². The summed E-state index contributed by atoms with van der Waals surface area (Å²) in [7, 11) is 0. The molecular weight excluding hydrogens is 534 g/mol. The Hall–Kier alpha value is -4.49. The first-order valence-corrected chi connectivity index (χ1v) is 13.1. The summed E-state index contributed by atoms with van der Waals surface area (Å²) >= 11 is 1.23. The molecule has 2 heterocycles. The average Bonchev–Trinajstić information content (AvgIpc) is 3.58. The Morgan fingerprint density at radius 1 is 1.07 bits per heavy atom. The highest BCUT2D eigenvalue weighted by Crippen LogP contribution is 2.28. The van der Waals surface area contributed by atoms with Gasteiger partial charge in [-0.1, -0.05) is 48.5 Å². The van der Waals surface area contributed by atoms with E-state index in [9.17, 15) is 9.59 Å². The molecule has 0 fully saturated rings. The van der Waals surface area contributed by atoms with Gasteiger partial charge in [-0.3, -0.25) is 4.79 Å². The molecule has 0 aliphatic rings. The molecule has 2 aromatic heterocycles. The van der Waals surface area contributed by atoms with Gasteiger partial charge in [0.2, 0.25) is 5.16 Å². The molecule has 208 valence electrons. The molecule has 0 bridgehead atoms. The van der Waals surface area contributed by atoms with E-state index in [0.717, 1.165) is 11.3 Å². The van der Waals surface area contributed by atoms with Gasteiger partial charge < -0.3 is 19.2 Å². The minimum absolute atomic E-state index is 0.0901. The van der Waals surface area contributed by atoms with E-state index in [1.165, 1.54) is 18.0 Å². The van der Waals surface area contributed by atoms with Crippen molar-refractivity contribution in [2.45, 2.75) is 49.3 Å². The summed E-state index contributed by atoms with van der Waals surface area (Å²) in [5, 5.41) is 19.4. The lowest BCUT2D eigenvalue weighted by Crippen LogP contribution is -2.49. The molecule has 2 N–H and O–H groups in total. The van der Waals surface area contributed by atoms with Crippen LogP contribution in [0.4, 0.5) is 4.79 Å². The number of nitrogens with one attached hydrogen (secondary N) is 2. The predicted molar refractivity (Wildman–Crippen MR) is 147 cm³/mol. The van der Waals surface area contributed by atoms with Gasteiger partial charge in [0.05, 0.1) is 25.1 Å². The lowest BCUT2D eigenvalue weighted by Gasteiger charge is -2.22. The highest BCUT2D eigenvalue weighted by atomic mass is 32.2. The van der Waals surface area contributed by atoms with Gasteiger partial charge in [0.25, 0.3) is 5.91 Å². The van der Waals surface area contributed by atoms with E-state index in [2.05, 4.69) is 31.4 Å². The van der Waals surface area contributed by atoms with Crippen molar-refractivity contribution >= 4 is 30.0 Å². The number of hydrogen-bond donors (Lipinski definition) is 2. The number of furan rings is 1. The zero-order valence-corrected chi connectivity index (χ0v) is 23.0. The second kappa shape index (κ2) is 13.5. The molecule has 12 nitrogen and oxygen atoms in total. The monoisotopic (exact) mass is 563 g/mol. The first kappa shape index (κ1) is 28.5. The number of rotatable bonds is 11. The fourth-order valence-electron chi connectivity index (χ4n) is 3.26. The van der Waals surface area contributed by atoms with Crippen LogP contribution in [0.1, 0.15) is 32.1 Å². The fourth-order valence-corrected chi connectivity index (χ4v) is 4.02. The van der Waals surface area contributed by atoms with Crippen LogP contribution in [0, 0.1) is 0 Å². The quantitative estimate of drug-likeness (QED) is 0.204.